The number of nitrogens with one attached hydrogen (secondary N) is 1. The molecule has 0 spiro atoms. The molecule has 1 N–H and O–H groups in total. The van der Waals surface area contributed by atoms with Gasteiger partial charge in [-0.1, -0.05) is 61.2 Å². The molecule has 0 heterocycles. The van der Waals surface area contributed by atoms with Crippen LogP contribution in [0.3, 0.4) is 0 Å². The maximum Gasteiger partial charge on any atom is 0.242 e. The summed E-state index contributed by atoms with van der Waals surface area (Å²) in [4.78, 5) is 27.7. The second-order valence-corrected chi connectivity index (χ2v) is 8.67. The minimum Gasteiger partial charge on any atom is -0.352 e. The normalized spacial score (nSPS) is 15.3. The van der Waals surface area contributed by atoms with Crippen molar-refractivity contribution in [1.29, 1.82) is 0 Å². The van der Waals surface area contributed by atoms with E-state index in [2.05, 4.69) is 5.32 Å². The monoisotopic (exact) mass is 444 g/mol. The zero-order valence-corrected chi connectivity index (χ0v) is 18.7. The highest BCUT2D eigenvalue weighted by Crippen LogP contribution is 2.20. The first kappa shape index (κ1) is 23.3. The lowest BCUT2D eigenvalue weighted by Gasteiger charge is -2.31. The molecule has 1 unspecified atom stereocenters. The van der Waals surface area contributed by atoms with E-state index in [-0.39, 0.29) is 36.6 Å². The third-order valence-corrected chi connectivity index (χ3v) is 6.32. The number of carbonyl (C=O) groups excluding carboxylic acids is 2. The van der Waals surface area contributed by atoms with E-state index in [1.54, 1.807) is 30.0 Å². The summed E-state index contributed by atoms with van der Waals surface area (Å²) in [5.41, 5.74) is 1.68. The molecule has 31 heavy (non-hydrogen) atoms. The number of carbonyl (C=O) groups is 2. The van der Waals surface area contributed by atoms with Gasteiger partial charge in [0.2, 0.25) is 11.8 Å². The Labute approximate surface area is 188 Å². The van der Waals surface area contributed by atoms with Gasteiger partial charge in [-0.2, -0.15) is 0 Å². The van der Waals surface area contributed by atoms with Crippen molar-refractivity contribution in [3.8, 4) is 0 Å². The van der Waals surface area contributed by atoms with Gasteiger partial charge in [0.05, 0.1) is 0 Å². The van der Waals surface area contributed by atoms with E-state index in [0.29, 0.717) is 11.4 Å². The predicted octanol–water partition coefficient (Wildman–Crippen LogP) is 5.28. The number of halogens is 2. The second-order valence-electron chi connectivity index (χ2n) is 8.26. The van der Waals surface area contributed by atoms with Gasteiger partial charge in [-0.25, -0.2) is 4.39 Å². The zero-order chi connectivity index (χ0) is 22.2. The fourth-order valence-corrected chi connectivity index (χ4v) is 4.25. The lowest BCUT2D eigenvalue weighted by molar-refractivity contribution is -0.141. The molecule has 0 saturated heterocycles. The molecule has 1 aliphatic rings. The van der Waals surface area contributed by atoms with Crippen molar-refractivity contribution < 1.29 is 14.0 Å². The van der Waals surface area contributed by atoms with Crippen molar-refractivity contribution in [3.63, 3.8) is 0 Å². The number of benzene rings is 2. The minimum absolute atomic E-state index is 0.129. The Morgan fingerprint density at radius 2 is 1.77 bits per heavy atom. The van der Waals surface area contributed by atoms with Crippen LogP contribution in [-0.4, -0.2) is 28.8 Å². The first-order valence-corrected chi connectivity index (χ1v) is 11.4. The molecule has 6 heteroatoms. The van der Waals surface area contributed by atoms with Crippen molar-refractivity contribution in [2.45, 2.75) is 70.5 Å². The zero-order valence-electron chi connectivity index (χ0n) is 17.9. The topological polar surface area (TPSA) is 49.4 Å². The van der Waals surface area contributed by atoms with Crippen LogP contribution in [0.5, 0.6) is 0 Å². The van der Waals surface area contributed by atoms with Gasteiger partial charge in [0.1, 0.15) is 11.9 Å². The summed E-state index contributed by atoms with van der Waals surface area (Å²) in [6, 6.07) is 13.0. The minimum atomic E-state index is -0.620. The molecule has 3 rings (SSSR count). The Bertz CT molecular complexity index is 881. The van der Waals surface area contributed by atoms with Crippen LogP contribution in [0.1, 0.15) is 56.6 Å². The first-order chi connectivity index (χ1) is 14.9. The summed E-state index contributed by atoms with van der Waals surface area (Å²) in [6.45, 7) is 2.01. The summed E-state index contributed by atoms with van der Waals surface area (Å²) >= 11 is 6.23. The molecule has 0 bridgehead atoms. The molecule has 4 nitrogen and oxygen atoms in total. The summed E-state index contributed by atoms with van der Waals surface area (Å²) in [5, 5.41) is 3.75. The van der Waals surface area contributed by atoms with E-state index in [1.807, 2.05) is 18.2 Å². The fourth-order valence-electron chi connectivity index (χ4n) is 4.02. The number of rotatable bonds is 8. The van der Waals surface area contributed by atoms with Gasteiger partial charge < -0.3 is 10.2 Å². The molecular formula is C25H30ClFN2O2. The average Bonchev–Trinajstić information content (AvgIpc) is 2.78. The van der Waals surface area contributed by atoms with Crippen LogP contribution in [0.25, 0.3) is 0 Å². The highest BCUT2D eigenvalue weighted by Gasteiger charge is 2.28. The number of hydrogen-bond acceptors (Lipinski definition) is 2. The second kappa shape index (κ2) is 11.3. The lowest BCUT2D eigenvalue weighted by Crippen LogP contribution is -2.50. The van der Waals surface area contributed by atoms with Gasteiger partial charge >= 0.3 is 0 Å². The molecule has 1 aliphatic carbocycles. The molecule has 0 aromatic heterocycles. The van der Waals surface area contributed by atoms with Crippen LogP contribution in [0, 0.1) is 5.82 Å². The van der Waals surface area contributed by atoms with Crippen molar-refractivity contribution in [2.75, 3.05) is 0 Å². The number of hydrogen-bond donors (Lipinski definition) is 1. The number of nitrogens with zero attached hydrogens (tertiary/aromatic N) is 1. The SMILES string of the molecule is CC(C(=O)NC1CCCCC1)N(Cc1ccc(F)cc1)C(=O)CCc1ccccc1Cl. The standard InChI is InChI=1S/C25H30ClFN2O2/c1-18(25(31)28-22-8-3-2-4-9-22)29(17-19-11-14-21(27)15-12-19)24(30)16-13-20-7-5-6-10-23(20)26/h5-7,10-12,14-15,18,22H,2-4,8-9,13,16-17H2,1H3,(H,28,31). The van der Waals surface area contributed by atoms with Crippen LogP contribution in [-0.2, 0) is 22.6 Å². The van der Waals surface area contributed by atoms with Crippen LogP contribution in [0.15, 0.2) is 48.5 Å². The average molecular weight is 445 g/mol. The fraction of sp³-hybridized carbons (Fsp3) is 0.440. The van der Waals surface area contributed by atoms with Gasteiger partial charge in [0.25, 0.3) is 0 Å². The Hall–Kier alpha value is -2.40. The Balaban J connectivity index is 1.70. The van der Waals surface area contributed by atoms with Crippen LogP contribution < -0.4 is 5.32 Å². The van der Waals surface area contributed by atoms with E-state index < -0.39 is 6.04 Å². The van der Waals surface area contributed by atoms with Gasteiger partial charge in [-0.15, -0.1) is 0 Å². The van der Waals surface area contributed by atoms with Crippen molar-refractivity contribution >= 4 is 23.4 Å². The Morgan fingerprint density at radius 3 is 2.45 bits per heavy atom. The maximum absolute atomic E-state index is 13.3. The van der Waals surface area contributed by atoms with Crippen molar-refractivity contribution in [1.82, 2.24) is 10.2 Å². The largest absolute Gasteiger partial charge is 0.352 e. The molecule has 2 amide bonds. The van der Waals surface area contributed by atoms with Crippen LogP contribution in [0.2, 0.25) is 5.02 Å². The highest BCUT2D eigenvalue weighted by atomic mass is 35.5. The molecular weight excluding hydrogens is 415 g/mol. The molecule has 1 fully saturated rings. The van der Waals surface area contributed by atoms with E-state index in [9.17, 15) is 14.0 Å². The Kier molecular flexibility index (Phi) is 8.47. The number of amides is 2. The van der Waals surface area contributed by atoms with Gasteiger partial charge in [-0.3, -0.25) is 9.59 Å². The molecule has 1 atom stereocenters. The number of aryl methyl sites for hydroxylation is 1. The molecule has 0 radical (unpaired) electrons. The quantitative estimate of drug-likeness (QED) is 0.602. The smallest absolute Gasteiger partial charge is 0.242 e. The summed E-state index contributed by atoms with van der Waals surface area (Å²) in [6.07, 6.45) is 6.15. The van der Waals surface area contributed by atoms with Crippen molar-refractivity contribution in [2.24, 2.45) is 0 Å². The third kappa shape index (κ3) is 6.79. The van der Waals surface area contributed by atoms with E-state index in [4.69, 9.17) is 11.6 Å². The van der Waals surface area contributed by atoms with Crippen molar-refractivity contribution in [3.05, 3.63) is 70.5 Å². The molecule has 0 aliphatic heterocycles. The third-order valence-electron chi connectivity index (χ3n) is 5.95. The molecule has 2 aromatic rings. The molecule has 2 aromatic carbocycles. The summed E-state index contributed by atoms with van der Waals surface area (Å²) in [5.74, 6) is -0.598. The van der Waals surface area contributed by atoms with Gasteiger partial charge in [0.15, 0.2) is 0 Å². The van der Waals surface area contributed by atoms with Crippen LogP contribution in [0.4, 0.5) is 4.39 Å². The summed E-state index contributed by atoms with van der Waals surface area (Å²) in [7, 11) is 0. The molecule has 1 saturated carbocycles. The summed E-state index contributed by atoms with van der Waals surface area (Å²) < 4.78 is 13.3. The predicted molar refractivity (Wildman–Crippen MR) is 121 cm³/mol. The first-order valence-electron chi connectivity index (χ1n) is 11.0. The maximum atomic E-state index is 13.3. The molecule has 166 valence electrons. The van der Waals surface area contributed by atoms with Crippen LogP contribution >= 0.6 is 11.6 Å². The van der Waals surface area contributed by atoms with Gasteiger partial charge in [0, 0.05) is 24.0 Å². The van der Waals surface area contributed by atoms with E-state index >= 15 is 0 Å². The lowest BCUT2D eigenvalue weighted by atomic mass is 9.95. The Morgan fingerprint density at radius 1 is 1.10 bits per heavy atom. The van der Waals surface area contributed by atoms with E-state index in [0.717, 1.165) is 36.8 Å². The van der Waals surface area contributed by atoms with Gasteiger partial charge in [-0.05, 0) is 55.5 Å². The van der Waals surface area contributed by atoms with E-state index in [1.165, 1.54) is 18.6 Å². The highest BCUT2D eigenvalue weighted by molar-refractivity contribution is 6.31.